The van der Waals surface area contributed by atoms with Crippen LogP contribution in [0.4, 0.5) is 0 Å². The van der Waals surface area contributed by atoms with Crippen LogP contribution in [-0.2, 0) is 4.79 Å². The average Bonchev–Trinajstić information content (AvgIpc) is 2.09. The molecule has 13 heavy (non-hydrogen) atoms. The Morgan fingerprint density at radius 2 is 1.92 bits per heavy atom. The molecule has 0 spiro atoms. The second-order valence-corrected chi connectivity index (χ2v) is 3.83. The van der Waals surface area contributed by atoms with Crippen molar-refractivity contribution in [3.05, 3.63) is 34.9 Å². The Labute approximate surface area is 83.7 Å². The van der Waals surface area contributed by atoms with Gasteiger partial charge in [-0.1, -0.05) is 43.6 Å². The molecule has 1 aromatic carbocycles. The number of rotatable bonds is 3. The highest BCUT2D eigenvalue weighted by molar-refractivity contribution is 6.31. The van der Waals surface area contributed by atoms with Gasteiger partial charge in [0.25, 0.3) is 0 Å². The molecule has 0 aromatic heterocycles. The maximum Gasteiger partial charge on any atom is 0.127 e. The van der Waals surface area contributed by atoms with E-state index in [1.807, 2.05) is 38.1 Å². The van der Waals surface area contributed by atoms with Gasteiger partial charge in [0.1, 0.15) is 6.29 Å². The molecular weight excluding hydrogens is 184 g/mol. The van der Waals surface area contributed by atoms with Crippen LogP contribution < -0.4 is 0 Å². The first-order valence-corrected chi connectivity index (χ1v) is 4.74. The van der Waals surface area contributed by atoms with E-state index < -0.39 is 0 Å². The van der Waals surface area contributed by atoms with Crippen LogP contribution in [0, 0.1) is 5.92 Å². The lowest BCUT2D eigenvalue weighted by Crippen LogP contribution is -2.08. The van der Waals surface area contributed by atoms with Crippen molar-refractivity contribution < 1.29 is 4.79 Å². The van der Waals surface area contributed by atoms with Gasteiger partial charge in [-0.3, -0.25) is 0 Å². The number of hydrogen-bond donors (Lipinski definition) is 0. The molecule has 0 unspecified atom stereocenters. The Morgan fingerprint density at radius 3 is 2.38 bits per heavy atom. The van der Waals surface area contributed by atoms with Crippen LogP contribution in [0.15, 0.2) is 24.3 Å². The van der Waals surface area contributed by atoms with Crippen molar-refractivity contribution >= 4 is 17.9 Å². The molecule has 0 fully saturated rings. The Bertz CT molecular complexity index is 294. The minimum absolute atomic E-state index is 0.0892. The number of benzene rings is 1. The largest absolute Gasteiger partial charge is 0.303 e. The van der Waals surface area contributed by atoms with Crippen molar-refractivity contribution in [2.75, 3.05) is 0 Å². The molecule has 0 saturated carbocycles. The van der Waals surface area contributed by atoms with Crippen LogP contribution in [0.5, 0.6) is 0 Å². The quantitative estimate of drug-likeness (QED) is 0.679. The number of carbonyl (C=O) groups is 1. The van der Waals surface area contributed by atoms with E-state index in [2.05, 4.69) is 0 Å². The summed E-state index contributed by atoms with van der Waals surface area (Å²) in [5.74, 6) is 0.200. The fourth-order valence-electron chi connectivity index (χ4n) is 1.33. The first kappa shape index (κ1) is 10.3. The van der Waals surface area contributed by atoms with E-state index in [9.17, 15) is 4.79 Å². The molecule has 1 rings (SSSR count). The predicted octanol–water partition coefficient (Wildman–Crippen LogP) is 3.28. The molecule has 2 heteroatoms. The van der Waals surface area contributed by atoms with Crippen LogP contribution in [0.2, 0.25) is 5.02 Å². The molecular formula is C11H13ClO. The maximum absolute atomic E-state index is 10.8. The second-order valence-electron chi connectivity index (χ2n) is 3.43. The van der Waals surface area contributed by atoms with Crippen LogP contribution in [0.3, 0.4) is 0 Å². The molecule has 0 bridgehead atoms. The van der Waals surface area contributed by atoms with Crippen molar-refractivity contribution in [2.45, 2.75) is 19.8 Å². The monoisotopic (exact) mass is 196 g/mol. The van der Waals surface area contributed by atoms with Crippen LogP contribution >= 0.6 is 11.6 Å². The van der Waals surface area contributed by atoms with Crippen molar-refractivity contribution in [1.82, 2.24) is 0 Å². The molecule has 0 radical (unpaired) electrons. The minimum Gasteiger partial charge on any atom is -0.303 e. The van der Waals surface area contributed by atoms with E-state index in [1.165, 1.54) is 0 Å². The third-order valence-electron chi connectivity index (χ3n) is 2.13. The van der Waals surface area contributed by atoms with E-state index in [4.69, 9.17) is 11.6 Å². The molecule has 1 aromatic rings. The zero-order chi connectivity index (χ0) is 9.84. The predicted molar refractivity (Wildman–Crippen MR) is 55.1 cm³/mol. The number of halogens is 1. The van der Waals surface area contributed by atoms with Gasteiger partial charge in [0.05, 0.1) is 0 Å². The molecule has 0 aliphatic carbocycles. The zero-order valence-electron chi connectivity index (χ0n) is 7.83. The highest BCUT2D eigenvalue weighted by Crippen LogP contribution is 2.28. The van der Waals surface area contributed by atoms with Gasteiger partial charge < -0.3 is 4.79 Å². The van der Waals surface area contributed by atoms with Gasteiger partial charge in [-0.2, -0.15) is 0 Å². The molecule has 1 atom stereocenters. The number of hydrogen-bond acceptors (Lipinski definition) is 1. The molecule has 0 amide bonds. The van der Waals surface area contributed by atoms with E-state index in [0.29, 0.717) is 5.02 Å². The first-order valence-electron chi connectivity index (χ1n) is 4.36. The summed E-state index contributed by atoms with van der Waals surface area (Å²) in [7, 11) is 0. The van der Waals surface area contributed by atoms with Crippen LogP contribution in [0.1, 0.15) is 25.3 Å². The van der Waals surface area contributed by atoms with Crippen molar-refractivity contribution in [3.63, 3.8) is 0 Å². The molecule has 1 nitrogen and oxygen atoms in total. The highest BCUT2D eigenvalue weighted by atomic mass is 35.5. The highest BCUT2D eigenvalue weighted by Gasteiger charge is 2.16. The lowest BCUT2D eigenvalue weighted by atomic mass is 9.90. The number of aldehydes is 1. The zero-order valence-corrected chi connectivity index (χ0v) is 8.58. The lowest BCUT2D eigenvalue weighted by Gasteiger charge is -2.15. The summed E-state index contributed by atoms with van der Waals surface area (Å²) in [6.45, 7) is 4.03. The Kier molecular flexibility index (Phi) is 3.49. The van der Waals surface area contributed by atoms with Gasteiger partial charge in [-0.25, -0.2) is 0 Å². The summed E-state index contributed by atoms with van der Waals surface area (Å²) < 4.78 is 0. The minimum atomic E-state index is -0.0892. The topological polar surface area (TPSA) is 17.1 Å². The second kappa shape index (κ2) is 4.43. The van der Waals surface area contributed by atoms with Gasteiger partial charge >= 0.3 is 0 Å². The van der Waals surface area contributed by atoms with Crippen LogP contribution in [0.25, 0.3) is 0 Å². The van der Waals surface area contributed by atoms with E-state index in [-0.39, 0.29) is 11.8 Å². The summed E-state index contributed by atoms with van der Waals surface area (Å²) in [5, 5.41) is 0.674. The lowest BCUT2D eigenvalue weighted by molar-refractivity contribution is -0.109. The Hall–Kier alpha value is -0.820. The third-order valence-corrected chi connectivity index (χ3v) is 2.47. The van der Waals surface area contributed by atoms with E-state index in [1.54, 1.807) is 0 Å². The molecule has 0 heterocycles. The standard InChI is InChI=1S/C11H13ClO/c1-8(2)10(7-13)9-5-3-4-6-11(9)12/h3-8,10H,1-2H3/t10-/m1/s1. The van der Waals surface area contributed by atoms with E-state index in [0.717, 1.165) is 11.8 Å². The van der Waals surface area contributed by atoms with Gasteiger partial charge in [0.15, 0.2) is 0 Å². The Balaban J connectivity index is 3.04. The molecule has 70 valence electrons. The average molecular weight is 197 g/mol. The third kappa shape index (κ3) is 2.31. The normalized spacial score (nSPS) is 12.9. The summed E-state index contributed by atoms with van der Waals surface area (Å²) in [6, 6.07) is 7.49. The Morgan fingerprint density at radius 1 is 1.31 bits per heavy atom. The van der Waals surface area contributed by atoms with E-state index >= 15 is 0 Å². The molecule has 0 aliphatic heterocycles. The fourth-order valence-corrected chi connectivity index (χ4v) is 1.60. The fraction of sp³-hybridized carbons (Fsp3) is 0.364. The smallest absolute Gasteiger partial charge is 0.127 e. The van der Waals surface area contributed by atoms with Crippen molar-refractivity contribution in [1.29, 1.82) is 0 Å². The SMILES string of the molecule is CC(C)[C@@H](C=O)c1ccccc1Cl. The summed E-state index contributed by atoms with van der Waals surface area (Å²) in [6.07, 6.45) is 0.964. The van der Waals surface area contributed by atoms with Gasteiger partial charge in [0.2, 0.25) is 0 Å². The number of carbonyl (C=O) groups excluding carboxylic acids is 1. The summed E-state index contributed by atoms with van der Waals surface area (Å²) in [5.41, 5.74) is 0.925. The van der Waals surface area contributed by atoms with Crippen molar-refractivity contribution in [3.8, 4) is 0 Å². The van der Waals surface area contributed by atoms with Gasteiger partial charge in [-0.05, 0) is 17.5 Å². The summed E-state index contributed by atoms with van der Waals surface area (Å²) in [4.78, 5) is 10.8. The van der Waals surface area contributed by atoms with Gasteiger partial charge in [0, 0.05) is 10.9 Å². The first-order chi connectivity index (χ1) is 6.16. The van der Waals surface area contributed by atoms with Crippen molar-refractivity contribution in [2.24, 2.45) is 5.92 Å². The van der Waals surface area contributed by atoms with Crippen LogP contribution in [-0.4, -0.2) is 6.29 Å². The molecule has 0 N–H and O–H groups in total. The molecule has 0 saturated heterocycles. The molecule has 0 aliphatic rings. The maximum atomic E-state index is 10.8. The summed E-state index contributed by atoms with van der Waals surface area (Å²) >= 11 is 5.98. The van der Waals surface area contributed by atoms with Gasteiger partial charge in [-0.15, -0.1) is 0 Å².